The fraction of sp³-hybridized carbons (Fsp3) is 0.333. The van der Waals surface area contributed by atoms with E-state index in [1.165, 1.54) is 6.07 Å². The Morgan fingerprint density at radius 3 is 2.85 bits per heavy atom. The van der Waals surface area contributed by atoms with E-state index in [9.17, 15) is 4.39 Å². The minimum atomic E-state index is -0.247. The van der Waals surface area contributed by atoms with Gasteiger partial charge < -0.3 is 5.32 Å². The van der Waals surface area contributed by atoms with Crippen LogP contribution in [0.4, 0.5) is 4.39 Å². The molecule has 0 radical (unpaired) electrons. The van der Waals surface area contributed by atoms with Gasteiger partial charge in [0.25, 0.3) is 0 Å². The van der Waals surface area contributed by atoms with Gasteiger partial charge in [-0.05, 0) is 49.7 Å². The van der Waals surface area contributed by atoms with Crippen molar-refractivity contribution in [1.82, 2.24) is 15.3 Å². The van der Waals surface area contributed by atoms with Crippen LogP contribution in [-0.4, -0.2) is 16.5 Å². The number of aryl methyl sites for hydroxylation is 1. The van der Waals surface area contributed by atoms with Gasteiger partial charge in [-0.3, -0.25) is 0 Å². The van der Waals surface area contributed by atoms with Crippen molar-refractivity contribution >= 4 is 11.6 Å². The monoisotopic (exact) mass is 293 g/mol. The van der Waals surface area contributed by atoms with Crippen molar-refractivity contribution in [2.24, 2.45) is 0 Å². The molecule has 0 bridgehead atoms. The van der Waals surface area contributed by atoms with Crippen LogP contribution in [0.5, 0.6) is 0 Å². The van der Waals surface area contributed by atoms with Crippen molar-refractivity contribution in [3.05, 3.63) is 58.4 Å². The average Bonchev–Trinajstić information content (AvgIpc) is 2.42. The summed E-state index contributed by atoms with van der Waals surface area (Å²) in [5.74, 6) is 0.458. The molecule has 1 atom stereocenters. The number of halogens is 2. The van der Waals surface area contributed by atoms with Crippen LogP contribution in [0, 0.1) is 12.7 Å². The molecule has 1 unspecified atom stereocenters. The molecule has 1 N–H and O–H groups in total. The minimum Gasteiger partial charge on any atom is -0.309 e. The lowest BCUT2D eigenvalue weighted by Crippen LogP contribution is -2.24. The molecular weight excluding hydrogens is 277 g/mol. The highest BCUT2D eigenvalue weighted by Crippen LogP contribution is 2.21. The fourth-order valence-electron chi connectivity index (χ4n) is 2.12. The first-order valence-corrected chi connectivity index (χ1v) is 6.94. The average molecular weight is 294 g/mol. The van der Waals surface area contributed by atoms with Gasteiger partial charge in [0.2, 0.25) is 0 Å². The van der Waals surface area contributed by atoms with Gasteiger partial charge in [0, 0.05) is 11.2 Å². The van der Waals surface area contributed by atoms with E-state index in [1.807, 2.05) is 19.9 Å². The van der Waals surface area contributed by atoms with Gasteiger partial charge in [-0.1, -0.05) is 18.5 Å². The molecule has 0 aliphatic heterocycles. The summed E-state index contributed by atoms with van der Waals surface area (Å²) in [6.45, 7) is 4.62. The van der Waals surface area contributed by atoms with Crippen LogP contribution in [0.15, 0.2) is 30.5 Å². The molecule has 0 amide bonds. The molecular formula is C15H17ClFN3. The summed E-state index contributed by atoms with van der Waals surface area (Å²) in [4.78, 5) is 8.50. The van der Waals surface area contributed by atoms with Crippen LogP contribution in [-0.2, 0) is 6.42 Å². The summed E-state index contributed by atoms with van der Waals surface area (Å²) in [6, 6.07) is 6.40. The summed E-state index contributed by atoms with van der Waals surface area (Å²) in [6.07, 6.45) is 2.22. The number of rotatable bonds is 5. The number of nitrogens with one attached hydrogen (secondary N) is 1. The fourth-order valence-corrected chi connectivity index (χ4v) is 2.31. The van der Waals surface area contributed by atoms with Crippen LogP contribution in [0.3, 0.4) is 0 Å². The third-order valence-electron chi connectivity index (χ3n) is 3.04. The van der Waals surface area contributed by atoms with Crippen molar-refractivity contribution in [3.8, 4) is 0 Å². The molecule has 1 aromatic carbocycles. The maximum Gasteiger partial charge on any atom is 0.126 e. The van der Waals surface area contributed by atoms with Crippen molar-refractivity contribution in [2.45, 2.75) is 26.3 Å². The largest absolute Gasteiger partial charge is 0.309 e. The molecule has 20 heavy (non-hydrogen) atoms. The van der Waals surface area contributed by atoms with Gasteiger partial charge in [-0.25, -0.2) is 14.4 Å². The van der Waals surface area contributed by atoms with Crippen LogP contribution < -0.4 is 5.32 Å². The molecule has 0 fully saturated rings. The summed E-state index contributed by atoms with van der Waals surface area (Å²) >= 11 is 5.94. The highest BCUT2D eigenvalue weighted by molar-refractivity contribution is 6.30. The second-order valence-corrected chi connectivity index (χ2v) is 5.02. The van der Waals surface area contributed by atoms with Gasteiger partial charge in [-0.15, -0.1) is 0 Å². The minimum absolute atomic E-state index is 0.0605. The van der Waals surface area contributed by atoms with Crippen molar-refractivity contribution < 1.29 is 4.39 Å². The van der Waals surface area contributed by atoms with Crippen LogP contribution >= 0.6 is 11.6 Å². The van der Waals surface area contributed by atoms with Crippen LogP contribution in [0.25, 0.3) is 0 Å². The van der Waals surface area contributed by atoms with Crippen LogP contribution in [0.2, 0.25) is 5.02 Å². The number of hydrogen-bond donors (Lipinski definition) is 1. The highest BCUT2D eigenvalue weighted by Gasteiger charge is 2.15. The zero-order valence-corrected chi connectivity index (χ0v) is 12.3. The smallest absolute Gasteiger partial charge is 0.126 e. The molecule has 0 saturated heterocycles. The molecule has 2 aromatic rings. The maximum atomic E-state index is 13.8. The van der Waals surface area contributed by atoms with Gasteiger partial charge in [-0.2, -0.15) is 0 Å². The number of hydrogen-bond acceptors (Lipinski definition) is 3. The molecule has 1 heterocycles. The molecule has 1 aromatic heterocycles. The van der Waals surface area contributed by atoms with E-state index in [4.69, 9.17) is 11.6 Å². The highest BCUT2D eigenvalue weighted by atomic mass is 35.5. The van der Waals surface area contributed by atoms with Gasteiger partial charge in [0.15, 0.2) is 0 Å². The lowest BCUT2D eigenvalue weighted by molar-refractivity contribution is 0.516. The zero-order valence-electron chi connectivity index (χ0n) is 11.5. The lowest BCUT2D eigenvalue weighted by atomic mass is 10.0. The SMILES string of the molecule is CCNC(Cc1cc(Cl)ccc1F)c1ccnc(C)n1. The molecule has 0 aliphatic rings. The van der Waals surface area contributed by atoms with E-state index in [-0.39, 0.29) is 11.9 Å². The Bertz CT molecular complexity index is 589. The standard InChI is InChI=1S/C15H17ClFN3/c1-3-18-15(14-6-7-19-10(2)20-14)9-11-8-12(16)4-5-13(11)17/h4-8,15,18H,3,9H2,1-2H3. The first-order chi connectivity index (χ1) is 9.60. The number of benzene rings is 1. The van der Waals surface area contributed by atoms with E-state index >= 15 is 0 Å². The van der Waals surface area contributed by atoms with E-state index in [0.29, 0.717) is 22.8 Å². The summed E-state index contributed by atoms with van der Waals surface area (Å²) < 4.78 is 13.8. The topological polar surface area (TPSA) is 37.8 Å². The number of likely N-dealkylation sites (N-methyl/N-ethyl adjacent to an activating group) is 1. The number of nitrogens with zero attached hydrogens (tertiary/aromatic N) is 2. The second kappa shape index (κ2) is 6.77. The van der Waals surface area contributed by atoms with Gasteiger partial charge in [0.1, 0.15) is 11.6 Å². The van der Waals surface area contributed by atoms with Gasteiger partial charge in [0.05, 0.1) is 11.7 Å². The zero-order chi connectivity index (χ0) is 14.5. The summed E-state index contributed by atoms with van der Waals surface area (Å²) in [5, 5.41) is 3.86. The molecule has 5 heteroatoms. The first-order valence-electron chi connectivity index (χ1n) is 6.57. The van der Waals surface area contributed by atoms with E-state index in [1.54, 1.807) is 18.3 Å². The van der Waals surface area contributed by atoms with E-state index in [0.717, 1.165) is 12.2 Å². The maximum absolute atomic E-state index is 13.8. The van der Waals surface area contributed by atoms with Crippen molar-refractivity contribution in [2.75, 3.05) is 6.54 Å². The van der Waals surface area contributed by atoms with Crippen molar-refractivity contribution in [3.63, 3.8) is 0 Å². The Balaban J connectivity index is 2.27. The molecule has 0 saturated carbocycles. The Hall–Kier alpha value is -1.52. The molecule has 0 aliphatic carbocycles. The lowest BCUT2D eigenvalue weighted by Gasteiger charge is -2.18. The molecule has 0 spiro atoms. The predicted molar refractivity (Wildman–Crippen MR) is 78.3 cm³/mol. The Kier molecular flexibility index (Phi) is 5.04. The third kappa shape index (κ3) is 3.74. The Morgan fingerprint density at radius 2 is 2.15 bits per heavy atom. The molecule has 2 rings (SSSR count). The Morgan fingerprint density at radius 1 is 1.35 bits per heavy atom. The van der Waals surface area contributed by atoms with E-state index < -0.39 is 0 Å². The number of aromatic nitrogens is 2. The normalized spacial score (nSPS) is 12.4. The third-order valence-corrected chi connectivity index (χ3v) is 3.27. The van der Waals surface area contributed by atoms with E-state index in [2.05, 4.69) is 15.3 Å². The summed E-state index contributed by atoms with van der Waals surface area (Å²) in [7, 11) is 0. The Labute approximate surface area is 123 Å². The quantitative estimate of drug-likeness (QED) is 0.917. The molecule has 106 valence electrons. The van der Waals surface area contributed by atoms with Crippen molar-refractivity contribution in [1.29, 1.82) is 0 Å². The second-order valence-electron chi connectivity index (χ2n) is 4.58. The van der Waals surface area contributed by atoms with Gasteiger partial charge >= 0.3 is 0 Å². The summed E-state index contributed by atoms with van der Waals surface area (Å²) in [5.41, 5.74) is 1.44. The first kappa shape index (κ1) is 14.9. The van der Waals surface area contributed by atoms with Crippen LogP contribution in [0.1, 0.15) is 30.0 Å². The molecule has 3 nitrogen and oxygen atoms in total. The predicted octanol–water partition coefficient (Wildman–Crippen LogP) is 3.47.